The minimum Gasteiger partial charge on any atom is -0.508 e. The maximum atomic E-state index is 11.5. The number of nitrogens with zero attached hydrogens (tertiary/aromatic N) is 1. The number of hydrogen-bond donors (Lipinski definition) is 2. The molecule has 1 heterocycles. The lowest BCUT2D eigenvalue weighted by Gasteiger charge is -2.35. The average Bonchev–Trinajstić information content (AvgIpc) is 2.32. The number of likely N-dealkylation sites (tertiary alicyclic amines) is 1. The Morgan fingerprint density at radius 1 is 1.39 bits per heavy atom. The van der Waals surface area contributed by atoms with Crippen LogP contribution in [-0.4, -0.2) is 34.2 Å². The molecule has 2 N–H and O–H groups in total. The van der Waals surface area contributed by atoms with Gasteiger partial charge in [-0.3, -0.25) is 9.69 Å². The molecule has 1 fully saturated rings. The number of phenols is 1. The number of carbonyl (C=O) groups is 1. The summed E-state index contributed by atoms with van der Waals surface area (Å²) < 4.78 is 0. The number of rotatable bonds is 3. The van der Waals surface area contributed by atoms with Crippen molar-refractivity contribution in [2.45, 2.75) is 25.8 Å². The quantitative estimate of drug-likeness (QED) is 0.862. The first-order valence-electron chi connectivity index (χ1n) is 6.33. The summed E-state index contributed by atoms with van der Waals surface area (Å²) in [6.07, 6.45) is 2.21. The van der Waals surface area contributed by atoms with Crippen LogP contribution in [0.2, 0.25) is 0 Å². The molecule has 2 atom stereocenters. The number of piperidine rings is 1. The molecular weight excluding hydrogens is 230 g/mol. The zero-order valence-corrected chi connectivity index (χ0v) is 10.5. The van der Waals surface area contributed by atoms with E-state index in [-0.39, 0.29) is 5.75 Å². The molecule has 18 heavy (non-hydrogen) atoms. The van der Waals surface area contributed by atoms with Crippen molar-refractivity contribution >= 4 is 5.97 Å². The number of carboxylic acids is 1. The number of hydrogen-bond acceptors (Lipinski definition) is 3. The molecule has 0 saturated carbocycles. The molecule has 1 saturated heterocycles. The Hall–Kier alpha value is -1.55. The Morgan fingerprint density at radius 3 is 2.61 bits per heavy atom. The van der Waals surface area contributed by atoms with Crippen LogP contribution in [-0.2, 0) is 4.79 Å². The van der Waals surface area contributed by atoms with Gasteiger partial charge in [0, 0.05) is 6.54 Å². The molecule has 0 spiro atoms. The van der Waals surface area contributed by atoms with Crippen molar-refractivity contribution in [1.29, 1.82) is 0 Å². The standard InChI is InChI=1S/C14H19NO3/c1-10-3-2-8-15(9-10)13(14(17)18)11-4-6-12(16)7-5-11/h4-7,10,13,16H,2-3,8-9H2,1H3,(H,17,18). The summed E-state index contributed by atoms with van der Waals surface area (Å²) in [5.74, 6) is -0.123. The van der Waals surface area contributed by atoms with Gasteiger partial charge < -0.3 is 10.2 Å². The van der Waals surface area contributed by atoms with Crippen molar-refractivity contribution in [3.05, 3.63) is 29.8 Å². The SMILES string of the molecule is CC1CCCN(C(C(=O)O)c2ccc(O)cc2)C1. The normalized spacial score (nSPS) is 22.6. The van der Waals surface area contributed by atoms with Crippen LogP contribution in [0.15, 0.2) is 24.3 Å². The van der Waals surface area contributed by atoms with E-state index in [2.05, 4.69) is 6.92 Å². The van der Waals surface area contributed by atoms with Gasteiger partial charge in [0.1, 0.15) is 11.8 Å². The van der Waals surface area contributed by atoms with Gasteiger partial charge in [0.15, 0.2) is 0 Å². The number of carboxylic acid groups (broad SMARTS) is 1. The van der Waals surface area contributed by atoms with Gasteiger partial charge in [0.05, 0.1) is 0 Å². The van der Waals surface area contributed by atoms with Gasteiger partial charge in [-0.15, -0.1) is 0 Å². The molecule has 4 heteroatoms. The molecule has 1 aromatic carbocycles. The minimum atomic E-state index is -0.824. The summed E-state index contributed by atoms with van der Waals surface area (Å²) in [6, 6.07) is 5.85. The second-order valence-corrected chi connectivity index (χ2v) is 5.07. The Kier molecular flexibility index (Phi) is 3.87. The molecule has 2 rings (SSSR count). The molecule has 4 nitrogen and oxygen atoms in total. The van der Waals surface area contributed by atoms with E-state index in [9.17, 15) is 15.0 Å². The zero-order valence-electron chi connectivity index (χ0n) is 10.5. The Balaban J connectivity index is 2.22. The molecular formula is C14H19NO3. The van der Waals surface area contributed by atoms with Gasteiger partial charge in [-0.05, 0) is 43.0 Å². The van der Waals surface area contributed by atoms with Gasteiger partial charge in [-0.2, -0.15) is 0 Å². The third-order valence-electron chi connectivity index (χ3n) is 3.50. The predicted octanol–water partition coefficient (Wildman–Crippen LogP) is 2.25. The molecule has 98 valence electrons. The molecule has 0 amide bonds. The van der Waals surface area contributed by atoms with E-state index in [4.69, 9.17) is 0 Å². The highest BCUT2D eigenvalue weighted by Crippen LogP contribution is 2.28. The van der Waals surface area contributed by atoms with Crippen LogP contribution in [0, 0.1) is 5.92 Å². The molecule has 2 unspecified atom stereocenters. The maximum Gasteiger partial charge on any atom is 0.325 e. The first kappa shape index (κ1) is 12.9. The molecule has 0 aromatic heterocycles. The molecule has 1 aromatic rings. The van der Waals surface area contributed by atoms with Crippen molar-refractivity contribution in [3.8, 4) is 5.75 Å². The second kappa shape index (κ2) is 5.40. The number of benzene rings is 1. The topological polar surface area (TPSA) is 60.8 Å². The summed E-state index contributed by atoms with van der Waals surface area (Å²) >= 11 is 0. The Bertz CT molecular complexity index is 416. The van der Waals surface area contributed by atoms with Crippen molar-refractivity contribution in [2.75, 3.05) is 13.1 Å². The lowest BCUT2D eigenvalue weighted by Crippen LogP contribution is -2.40. The van der Waals surface area contributed by atoms with Gasteiger partial charge in [-0.25, -0.2) is 0 Å². The minimum absolute atomic E-state index is 0.162. The van der Waals surface area contributed by atoms with Gasteiger partial charge in [-0.1, -0.05) is 19.1 Å². The molecule has 1 aliphatic rings. The third kappa shape index (κ3) is 2.82. The number of aromatic hydroxyl groups is 1. The Morgan fingerprint density at radius 2 is 2.06 bits per heavy atom. The summed E-state index contributed by atoms with van der Waals surface area (Å²) in [7, 11) is 0. The number of phenolic OH excluding ortho intramolecular Hbond substituents is 1. The summed E-state index contributed by atoms with van der Waals surface area (Å²) in [4.78, 5) is 13.5. The van der Waals surface area contributed by atoms with E-state index in [1.807, 2.05) is 4.90 Å². The highest BCUT2D eigenvalue weighted by atomic mass is 16.4. The lowest BCUT2D eigenvalue weighted by atomic mass is 9.96. The highest BCUT2D eigenvalue weighted by molar-refractivity contribution is 5.75. The van der Waals surface area contributed by atoms with E-state index in [1.54, 1.807) is 24.3 Å². The number of aliphatic carboxylic acids is 1. The summed E-state index contributed by atoms with van der Waals surface area (Å²) in [5, 5.41) is 18.7. The third-order valence-corrected chi connectivity index (χ3v) is 3.50. The fourth-order valence-electron chi connectivity index (χ4n) is 2.63. The summed E-state index contributed by atoms with van der Waals surface area (Å²) in [5.41, 5.74) is 0.731. The van der Waals surface area contributed by atoms with Gasteiger partial charge in [0.25, 0.3) is 0 Å². The first-order chi connectivity index (χ1) is 8.58. The van der Waals surface area contributed by atoms with Gasteiger partial charge in [0.2, 0.25) is 0 Å². The van der Waals surface area contributed by atoms with Crippen LogP contribution in [0.25, 0.3) is 0 Å². The van der Waals surface area contributed by atoms with Crippen molar-refractivity contribution in [1.82, 2.24) is 4.90 Å². The van der Waals surface area contributed by atoms with E-state index in [0.29, 0.717) is 5.92 Å². The fraction of sp³-hybridized carbons (Fsp3) is 0.500. The molecule has 1 aliphatic heterocycles. The van der Waals surface area contributed by atoms with Crippen LogP contribution < -0.4 is 0 Å². The van der Waals surface area contributed by atoms with Crippen molar-refractivity contribution in [2.24, 2.45) is 5.92 Å². The Labute approximate surface area is 107 Å². The van der Waals surface area contributed by atoms with Crippen LogP contribution in [0.3, 0.4) is 0 Å². The fourth-order valence-corrected chi connectivity index (χ4v) is 2.63. The molecule has 0 aliphatic carbocycles. The largest absolute Gasteiger partial charge is 0.508 e. The van der Waals surface area contributed by atoms with Crippen molar-refractivity contribution in [3.63, 3.8) is 0 Å². The maximum absolute atomic E-state index is 11.5. The average molecular weight is 249 g/mol. The highest BCUT2D eigenvalue weighted by Gasteiger charge is 2.30. The smallest absolute Gasteiger partial charge is 0.325 e. The van der Waals surface area contributed by atoms with Crippen molar-refractivity contribution < 1.29 is 15.0 Å². The van der Waals surface area contributed by atoms with E-state index in [1.165, 1.54) is 6.42 Å². The van der Waals surface area contributed by atoms with E-state index in [0.717, 1.165) is 25.1 Å². The van der Waals surface area contributed by atoms with E-state index >= 15 is 0 Å². The van der Waals surface area contributed by atoms with Crippen LogP contribution in [0.5, 0.6) is 5.75 Å². The first-order valence-corrected chi connectivity index (χ1v) is 6.33. The second-order valence-electron chi connectivity index (χ2n) is 5.07. The molecule has 0 radical (unpaired) electrons. The molecule has 0 bridgehead atoms. The lowest BCUT2D eigenvalue weighted by molar-refractivity contribution is -0.144. The zero-order chi connectivity index (χ0) is 13.1. The van der Waals surface area contributed by atoms with Crippen LogP contribution in [0.1, 0.15) is 31.4 Å². The predicted molar refractivity (Wildman–Crippen MR) is 68.5 cm³/mol. The van der Waals surface area contributed by atoms with Crippen LogP contribution >= 0.6 is 0 Å². The van der Waals surface area contributed by atoms with Crippen LogP contribution in [0.4, 0.5) is 0 Å². The summed E-state index contributed by atoms with van der Waals surface area (Å²) in [6.45, 7) is 3.79. The monoisotopic (exact) mass is 249 g/mol. The van der Waals surface area contributed by atoms with Gasteiger partial charge >= 0.3 is 5.97 Å². The van der Waals surface area contributed by atoms with E-state index < -0.39 is 12.0 Å².